The lowest BCUT2D eigenvalue weighted by atomic mass is 10.1. The van der Waals surface area contributed by atoms with Gasteiger partial charge >= 0.3 is 0 Å². The molecule has 1 N–H and O–H groups in total. The summed E-state index contributed by atoms with van der Waals surface area (Å²) in [7, 11) is -3.12. The second kappa shape index (κ2) is 8.90. The lowest BCUT2D eigenvalue weighted by molar-refractivity contribution is -0.118. The summed E-state index contributed by atoms with van der Waals surface area (Å²) in [5, 5.41) is 8.13. The number of nitrogens with one attached hydrogen (secondary N) is 1. The zero-order valence-corrected chi connectivity index (χ0v) is 18.6. The molecule has 0 saturated carbocycles. The molecule has 0 spiro atoms. The molecule has 0 unspecified atom stereocenters. The Morgan fingerprint density at radius 1 is 1.16 bits per heavy atom. The number of carbonyl (C=O) groups excluding carboxylic acids is 1. The normalized spacial score (nSPS) is 17.4. The second-order valence-electron chi connectivity index (χ2n) is 7.19. The maximum Gasteiger partial charge on any atom is 0.263 e. The highest BCUT2D eigenvalue weighted by Crippen LogP contribution is 2.31. The van der Waals surface area contributed by atoms with Gasteiger partial charge in [-0.15, -0.1) is 0 Å². The van der Waals surface area contributed by atoms with Gasteiger partial charge in [-0.25, -0.2) is 13.1 Å². The summed E-state index contributed by atoms with van der Waals surface area (Å²) in [6.07, 6.45) is 0.442. The molecule has 1 fully saturated rings. The first-order chi connectivity index (χ1) is 14.8. The first kappa shape index (κ1) is 21.7. The minimum absolute atomic E-state index is 0.0112. The number of anilines is 1. The van der Waals surface area contributed by atoms with Crippen LogP contribution in [-0.2, 0) is 14.6 Å². The highest BCUT2D eigenvalue weighted by Gasteiger charge is 2.31. The molecule has 10 heteroatoms. The smallest absolute Gasteiger partial charge is 0.263 e. The average molecular weight is 480 g/mol. The Morgan fingerprint density at radius 3 is 2.61 bits per heavy atom. The van der Waals surface area contributed by atoms with E-state index in [0.717, 1.165) is 5.56 Å². The van der Waals surface area contributed by atoms with Crippen LogP contribution in [0.5, 0.6) is 5.75 Å². The van der Waals surface area contributed by atoms with E-state index in [2.05, 4.69) is 10.4 Å². The lowest BCUT2D eigenvalue weighted by Gasteiger charge is -2.14. The molecule has 1 saturated heterocycles. The summed E-state index contributed by atoms with van der Waals surface area (Å²) in [6.45, 7) is -0.282. The number of nitrogens with zero attached hydrogens (tertiary/aromatic N) is 2. The number of hydrogen-bond acceptors (Lipinski definition) is 5. The van der Waals surface area contributed by atoms with E-state index in [1.54, 1.807) is 22.9 Å². The zero-order chi connectivity index (χ0) is 22.0. The maximum atomic E-state index is 12.5. The monoisotopic (exact) mass is 479 g/mol. The van der Waals surface area contributed by atoms with Gasteiger partial charge in [-0.3, -0.25) is 4.79 Å². The third-order valence-electron chi connectivity index (χ3n) is 4.88. The van der Waals surface area contributed by atoms with Crippen LogP contribution in [0, 0.1) is 0 Å². The standard InChI is InChI=1S/C21H19Cl2N3O4S/c22-15-6-7-19(17(23)10-15)30-12-21(27)24-20-11-18(14-4-2-1-3-5-14)25-26(20)16-8-9-31(28,29)13-16/h1-7,10-11,16H,8-9,12-13H2,(H,24,27)/t16-/m0/s1. The number of halogens is 2. The van der Waals surface area contributed by atoms with Crippen LogP contribution in [0.15, 0.2) is 54.6 Å². The van der Waals surface area contributed by atoms with E-state index >= 15 is 0 Å². The Bertz CT molecular complexity index is 1210. The molecule has 31 heavy (non-hydrogen) atoms. The fourth-order valence-electron chi connectivity index (χ4n) is 3.40. The molecule has 1 aromatic heterocycles. The van der Waals surface area contributed by atoms with Crippen LogP contribution >= 0.6 is 23.2 Å². The predicted molar refractivity (Wildman–Crippen MR) is 121 cm³/mol. The topological polar surface area (TPSA) is 90.3 Å². The first-order valence-electron chi connectivity index (χ1n) is 9.54. The van der Waals surface area contributed by atoms with Crippen LogP contribution in [0.3, 0.4) is 0 Å². The van der Waals surface area contributed by atoms with Crippen molar-refractivity contribution < 1.29 is 17.9 Å². The molecular formula is C21H19Cl2N3O4S. The quantitative estimate of drug-likeness (QED) is 0.570. The molecule has 2 aromatic carbocycles. The van der Waals surface area contributed by atoms with Crippen molar-refractivity contribution in [3.05, 3.63) is 64.6 Å². The Hall–Kier alpha value is -2.55. The molecule has 1 amide bonds. The van der Waals surface area contributed by atoms with Crippen molar-refractivity contribution in [1.29, 1.82) is 0 Å². The van der Waals surface area contributed by atoms with Gasteiger partial charge in [0.1, 0.15) is 11.6 Å². The molecule has 3 aromatic rings. The van der Waals surface area contributed by atoms with Gasteiger partial charge in [-0.05, 0) is 24.6 Å². The molecule has 7 nitrogen and oxygen atoms in total. The number of benzene rings is 2. The van der Waals surface area contributed by atoms with Crippen molar-refractivity contribution in [2.45, 2.75) is 12.5 Å². The number of hydrogen-bond donors (Lipinski definition) is 1. The summed E-state index contributed by atoms with van der Waals surface area (Å²) in [5.41, 5.74) is 1.50. The van der Waals surface area contributed by atoms with Crippen molar-refractivity contribution in [3.63, 3.8) is 0 Å². The molecule has 4 rings (SSSR count). The molecule has 2 heterocycles. The average Bonchev–Trinajstić information content (AvgIpc) is 3.31. The van der Waals surface area contributed by atoms with Crippen LogP contribution in [0.1, 0.15) is 12.5 Å². The van der Waals surface area contributed by atoms with Gasteiger partial charge in [-0.2, -0.15) is 5.10 Å². The molecule has 1 aliphatic rings. The molecule has 0 bridgehead atoms. The molecule has 0 aliphatic carbocycles. The minimum Gasteiger partial charge on any atom is -0.482 e. The van der Waals surface area contributed by atoms with Crippen LogP contribution in [0.25, 0.3) is 11.3 Å². The highest BCUT2D eigenvalue weighted by molar-refractivity contribution is 7.91. The van der Waals surface area contributed by atoms with E-state index in [9.17, 15) is 13.2 Å². The van der Waals surface area contributed by atoms with Crippen molar-refractivity contribution in [1.82, 2.24) is 9.78 Å². The van der Waals surface area contributed by atoms with Gasteiger partial charge in [0, 0.05) is 16.7 Å². The number of aromatic nitrogens is 2. The van der Waals surface area contributed by atoms with Crippen molar-refractivity contribution >= 4 is 44.8 Å². The molecule has 162 valence electrons. The number of rotatable bonds is 6. The predicted octanol–water partition coefficient (Wildman–Crippen LogP) is 4.23. The summed E-state index contributed by atoms with van der Waals surface area (Å²) < 4.78 is 31.0. The number of amides is 1. The van der Waals surface area contributed by atoms with E-state index < -0.39 is 15.7 Å². The molecule has 1 atom stereocenters. The van der Waals surface area contributed by atoms with Crippen LogP contribution in [0.2, 0.25) is 10.0 Å². The van der Waals surface area contributed by atoms with E-state index in [4.69, 9.17) is 27.9 Å². The van der Waals surface area contributed by atoms with E-state index in [-0.39, 0.29) is 24.2 Å². The van der Waals surface area contributed by atoms with Gasteiger partial charge in [0.15, 0.2) is 16.4 Å². The Balaban J connectivity index is 1.54. The summed E-state index contributed by atoms with van der Waals surface area (Å²) >= 11 is 11.9. The second-order valence-corrected chi connectivity index (χ2v) is 10.3. The molecular weight excluding hydrogens is 461 g/mol. The number of sulfone groups is 1. The SMILES string of the molecule is O=C(COc1ccc(Cl)cc1Cl)Nc1cc(-c2ccccc2)nn1[C@H]1CCS(=O)(=O)C1. The summed E-state index contributed by atoms with van der Waals surface area (Å²) in [6, 6.07) is 15.6. The summed E-state index contributed by atoms with van der Waals surface area (Å²) in [4.78, 5) is 12.5. The van der Waals surface area contributed by atoms with Gasteiger partial charge in [-0.1, -0.05) is 53.5 Å². The fraction of sp³-hybridized carbons (Fsp3) is 0.238. The lowest BCUT2D eigenvalue weighted by Crippen LogP contribution is -2.23. The molecule has 1 aliphatic heterocycles. The Morgan fingerprint density at radius 2 is 1.94 bits per heavy atom. The summed E-state index contributed by atoms with van der Waals surface area (Å²) in [5.74, 6) is 0.415. The van der Waals surface area contributed by atoms with Crippen molar-refractivity contribution in [3.8, 4) is 17.0 Å². The highest BCUT2D eigenvalue weighted by atomic mass is 35.5. The van der Waals surface area contributed by atoms with Crippen LogP contribution < -0.4 is 10.1 Å². The first-order valence-corrected chi connectivity index (χ1v) is 12.1. The third kappa shape index (κ3) is 5.20. The van der Waals surface area contributed by atoms with Gasteiger partial charge in [0.05, 0.1) is 28.3 Å². The number of carbonyl (C=O) groups is 1. The van der Waals surface area contributed by atoms with E-state index in [1.165, 1.54) is 6.07 Å². The van der Waals surface area contributed by atoms with Crippen molar-refractivity contribution in [2.24, 2.45) is 0 Å². The Labute approximate surface area is 189 Å². The largest absolute Gasteiger partial charge is 0.482 e. The fourth-order valence-corrected chi connectivity index (χ4v) is 5.55. The van der Waals surface area contributed by atoms with Gasteiger partial charge < -0.3 is 10.1 Å². The number of ether oxygens (including phenoxy) is 1. The van der Waals surface area contributed by atoms with Gasteiger partial charge in [0.25, 0.3) is 5.91 Å². The van der Waals surface area contributed by atoms with Crippen LogP contribution in [0.4, 0.5) is 5.82 Å². The maximum absolute atomic E-state index is 12.5. The third-order valence-corrected chi connectivity index (χ3v) is 7.16. The minimum atomic E-state index is -3.12. The Kier molecular flexibility index (Phi) is 6.22. The molecule has 0 radical (unpaired) electrons. The van der Waals surface area contributed by atoms with Crippen molar-refractivity contribution in [2.75, 3.05) is 23.4 Å². The van der Waals surface area contributed by atoms with E-state index in [0.29, 0.717) is 33.7 Å². The zero-order valence-electron chi connectivity index (χ0n) is 16.3. The van der Waals surface area contributed by atoms with E-state index in [1.807, 2.05) is 30.3 Å². The van der Waals surface area contributed by atoms with Crippen LogP contribution in [-0.4, -0.2) is 42.2 Å². The van der Waals surface area contributed by atoms with Gasteiger partial charge in [0.2, 0.25) is 0 Å².